The molecule has 7 heteroatoms. The van der Waals surface area contributed by atoms with Gasteiger partial charge in [0.25, 0.3) is 5.91 Å². The molecule has 1 aromatic carbocycles. The van der Waals surface area contributed by atoms with Crippen molar-refractivity contribution in [2.24, 2.45) is 5.92 Å². The normalized spacial score (nSPS) is 16.7. The van der Waals surface area contributed by atoms with Crippen LogP contribution in [0.1, 0.15) is 23.5 Å². The summed E-state index contributed by atoms with van der Waals surface area (Å²) in [5, 5.41) is 12.8. The van der Waals surface area contributed by atoms with E-state index in [2.05, 4.69) is 20.7 Å². The summed E-state index contributed by atoms with van der Waals surface area (Å²) in [6, 6.07) is 13.7. The fourth-order valence-electron chi connectivity index (χ4n) is 3.15. The molecule has 0 saturated carbocycles. The summed E-state index contributed by atoms with van der Waals surface area (Å²) in [5.41, 5.74) is 0.888. The Labute approximate surface area is 156 Å². The van der Waals surface area contributed by atoms with Crippen molar-refractivity contribution >= 4 is 17.2 Å². The van der Waals surface area contributed by atoms with E-state index in [-0.39, 0.29) is 11.7 Å². The second-order valence-electron chi connectivity index (χ2n) is 6.39. The molecule has 134 valence electrons. The van der Waals surface area contributed by atoms with Crippen molar-refractivity contribution in [2.75, 3.05) is 19.6 Å². The summed E-state index contributed by atoms with van der Waals surface area (Å²) in [6.45, 7) is 2.77. The van der Waals surface area contributed by atoms with E-state index in [9.17, 15) is 4.79 Å². The van der Waals surface area contributed by atoms with Gasteiger partial charge in [-0.15, -0.1) is 16.4 Å². The van der Waals surface area contributed by atoms with Crippen molar-refractivity contribution < 1.29 is 4.79 Å². The third kappa shape index (κ3) is 3.68. The lowest BCUT2D eigenvalue weighted by Crippen LogP contribution is -2.27. The van der Waals surface area contributed by atoms with E-state index >= 15 is 0 Å². The predicted octanol–water partition coefficient (Wildman–Crippen LogP) is 2.73. The Kier molecular flexibility index (Phi) is 5.08. The first kappa shape index (κ1) is 16.9. The summed E-state index contributed by atoms with van der Waals surface area (Å²) in [7, 11) is 0. The van der Waals surface area contributed by atoms with Gasteiger partial charge in [-0.25, -0.2) is 9.67 Å². The Morgan fingerprint density at radius 3 is 2.88 bits per heavy atom. The van der Waals surface area contributed by atoms with Crippen molar-refractivity contribution in [3.63, 3.8) is 0 Å². The molecule has 2 aromatic heterocycles. The van der Waals surface area contributed by atoms with Gasteiger partial charge in [0.2, 0.25) is 5.82 Å². The molecule has 1 aliphatic rings. The highest BCUT2D eigenvalue weighted by Crippen LogP contribution is 2.25. The van der Waals surface area contributed by atoms with Gasteiger partial charge >= 0.3 is 0 Å². The number of hydrogen-bond acceptors (Lipinski definition) is 5. The first-order valence-electron chi connectivity index (χ1n) is 8.86. The average Bonchev–Trinajstić information content (AvgIpc) is 3.42. The lowest BCUT2D eigenvalue weighted by molar-refractivity contribution is 0.0941. The van der Waals surface area contributed by atoms with Crippen LogP contribution < -0.4 is 10.6 Å². The van der Waals surface area contributed by atoms with Gasteiger partial charge in [0.15, 0.2) is 5.82 Å². The highest BCUT2D eigenvalue weighted by molar-refractivity contribution is 7.13. The van der Waals surface area contributed by atoms with Crippen molar-refractivity contribution in [1.29, 1.82) is 0 Å². The molecule has 0 aliphatic carbocycles. The van der Waals surface area contributed by atoms with Crippen LogP contribution in [0.15, 0.2) is 47.8 Å². The summed E-state index contributed by atoms with van der Waals surface area (Å²) >= 11 is 1.58. The largest absolute Gasteiger partial charge is 0.349 e. The maximum absolute atomic E-state index is 12.5. The van der Waals surface area contributed by atoms with Gasteiger partial charge in [0, 0.05) is 6.54 Å². The number of hydrogen-bond donors (Lipinski definition) is 2. The Bertz CT molecular complexity index is 853. The average molecular weight is 367 g/mol. The van der Waals surface area contributed by atoms with E-state index in [1.54, 1.807) is 16.0 Å². The van der Waals surface area contributed by atoms with Gasteiger partial charge in [0.05, 0.1) is 10.6 Å². The van der Waals surface area contributed by atoms with Crippen LogP contribution in [0, 0.1) is 5.92 Å². The minimum Gasteiger partial charge on any atom is -0.349 e. The molecule has 1 unspecified atom stereocenters. The van der Waals surface area contributed by atoms with E-state index in [0.717, 1.165) is 30.1 Å². The highest BCUT2D eigenvalue weighted by Gasteiger charge is 2.20. The van der Waals surface area contributed by atoms with Gasteiger partial charge in [-0.3, -0.25) is 4.79 Å². The van der Waals surface area contributed by atoms with Gasteiger partial charge in [-0.1, -0.05) is 24.3 Å². The van der Waals surface area contributed by atoms with Crippen LogP contribution >= 0.6 is 11.3 Å². The molecule has 3 aromatic rings. The molecule has 0 spiro atoms. The number of carbonyl (C=O) groups excluding carboxylic acids is 1. The van der Waals surface area contributed by atoms with Crippen molar-refractivity contribution in [3.8, 4) is 16.4 Å². The molecule has 1 amide bonds. The number of benzene rings is 1. The maximum atomic E-state index is 12.5. The zero-order chi connectivity index (χ0) is 17.8. The SMILES string of the molecule is O=C(NCCC1CCNC1)c1nc(-c2cccs2)n(-c2ccccc2)n1. The zero-order valence-electron chi connectivity index (χ0n) is 14.4. The summed E-state index contributed by atoms with van der Waals surface area (Å²) in [4.78, 5) is 18.0. The number of nitrogens with zero attached hydrogens (tertiary/aromatic N) is 3. The summed E-state index contributed by atoms with van der Waals surface area (Å²) in [5.74, 6) is 1.33. The van der Waals surface area contributed by atoms with E-state index in [1.807, 2.05) is 47.8 Å². The molecule has 6 nitrogen and oxygen atoms in total. The summed E-state index contributed by atoms with van der Waals surface area (Å²) in [6.07, 6.45) is 2.16. The molecule has 1 atom stereocenters. The summed E-state index contributed by atoms with van der Waals surface area (Å²) < 4.78 is 1.74. The monoisotopic (exact) mass is 367 g/mol. The molecule has 26 heavy (non-hydrogen) atoms. The van der Waals surface area contributed by atoms with Crippen LogP contribution in [-0.2, 0) is 0 Å². The molecule has 0 bridgehead atoms. The van der Waals surface area contributed by atoms with Crippen LogP contribution in [0.5, 0.6) is 0 Å². The highest BCUT2D eigenvalue weighted by atomic mass is 32.1. The minimum absolute atomic E-state index is 0.210. The fourth-order valence-corrected chi connectivity index (χ4v) is 3.85. The minimum atomic E-state index is -0.219. The van der Waals surface area contributed by atoms with Crippen LogP contribution in [-0.4, -0.2) is 40.3 Å². The zero-order valence-corrected chi connectivity index (χ0v) is 15.2. The van der Waals surface area contributed by atoms with E-state index in [0.29, 0.717) is 18.3 Å². The van der Waals surface area contributed by atoms with E-state index in [1.165, 1.54) is 6.42 Å². The standard InChI is InChI=1S/C19H21N5OS/c25-19(21-11-9-14-8-10-20-13-14)17-22-18(16-7-4-12-26-16)24(23-17)15-5-2-1-3-6-15/h1-7,12,14,20H,8-11,13H2,(H,21,25). The molecule has 4 rings (SSSR count). The first-order valence-corrected chi connectivity index (χ1v) is 9.74. The smallest absolute Gasteiger partial charge is 0.290 e. The second-order valence-corrected chi connectivity index (χ2v) is 7.33. The van der Waals surface area contributed by atoms with E-state index < -0.39 is 0 Å². The van der Waals surface area contributed by atoms with Crippen LogP contribution in [0.3, 0.4) is 0 Å². The molecule has 3 heterocycles. The first-order chi connectivity index (χ1) is 12.8. The number of nitrogens with one attached hydrogen (secondary N) is 2. The van der Waals surface area contributed by atoms with E-state index in [4.69, 9.17) is 0 Å². The number of amides is 1. The Morgan fingerprint density at radius 1 is 1.27 bits per heavy atom. The predicted molar refractivity (Wildman–Crippen MR) is 103 cm³/mol. The second kappa shape index (κ2) is 7.80. The molecule has 1 saturated heterocycles. The van der Waals surface area contributed by atoms with Gasteiger partial charge < -0.3 is 10.6 Å². The molecule has 0 radical (unpaired) electrons. The molecular weight excluding hydrogens is 346 g/mol. The third-order valence-corrected chi connectivity index (χ3v) is 5.42. The lowest BCUT2D eigenvalue weighted by atomic mass is 10.1. The maximum Gasteiger partial charge on any atom is 0.290 e. The van der Waals surface area contributed by atoms with Crippen LogP contribution in [0.4, 0.5) is 0 Å². The lowest BCUT2D eigenvalue weighted by Gasteiger charge is -2.07. The Morgan fingerprint density at radius 2 is 2.15 bits per heavy atom. The number of para-hydroxylation sites is 1. The number of thiophene rings is 1. The topological polar surface area (TPSA) is 71.8 Å². The number of carbonyl (C=O) groups is 1. The number of rotatable bonds is 6. The quantitative estimate of drug-likeness (QED) is 0.703. The van der Waals surface area contributed by atoms with Gasteiger partial charge in [-0.2, -0.15) is 0 Å². The molecule has 2 N–H and O–H groups in total. The van der Waals surface area contributed by atoms with Crippen molar-refractivity contribution in [3.05, 3.63) is 53.7 Å². The molecular formula is C19H21N5OS. The third-order valence-electron chi connectivity index (χ3n) is 4.55. The Hall–Kier alpha value is -2.51. The van der Waals surface area contributed by atoms with Crippen molar-refractivity contribution in [1.82, 2.24) is 25.4 Å². The van der Waals surface area contributed by atoms with Crippen molar-refractivity contribution in [2.45, 2.75) is 12.8 Å². The molecule has 1 fully saturated rings. The fraction of sp³-hybridized carbons (Fsp3) is 0.316. The van der Waals surface area contributed by atoms with Crippen LogP contribution in [0.25, 0.3) is 16.4 Å². The van der Waals surface area contributed by atoms with Crippen LogP contribution in [0.2, 0.25) is 0 Å². The number of aromatic nitrogens is 3. The van der Waals surface area contributed by atoms with Gasteiger partial charge in [0.1, 0.15) is 0 Å². The Balaban J connectivity index is 1.53. The molecule has 1 aliphatic heterocycles. The van der Waals surface area contributed by atoms with Gasteiger partial charge in [-0.05, 0) is 55.4 Å².